The minimum Gasteiger partial charge on any atom is -0.356 e. The molecule has 0 unspecified atom stereocenters. The van der Waals surface area contributed by atoms with Crippen molar-refractivity contribution in [3.05, 3.63) is 47.7 Å². The fourth-order valence-corrected chi connectivity index (χ4v) is 3.06. The molecule has 1 saturated heterocycles. The van der Waals surface area contributed by atoms with Gasteiger partial charge in [-0.05, 0) is 19.4 Å². The highest BCUT2D eigenvalue weighted by molar-refractivity contribution is 5.95. The third kappa shape index (κ3) is 3.41. The number of rotatable bonds is 4. The predicted molar refractivity (Wildman–Crippen MR) is 93.0 cm³/mol. The fraction of sp³-hybridized carbons (Fsp3) is 0.389. The lowest BCUT2D eigenvalue weighted by atomic mass is 9.97. The minimum absolute atomic E-state index is 0.107. The second kappa shape index (κ2) is 7.06. The van der Waals surface area contributed by atoms with Crippen molar-refractivity contribution in [1.82, 2.24) is 14.7 Å². The number of ether oxygens (including phenoxy) is 1. The maximum Gasteiger partial charge on any atom is 0.257 e. The predicted octanol–water partition coefficient (Wildman–Crippen LogP) is 1.75. The van der Waals surface area contributed by atoms with Gasteiger partial charge < -0.3 is 15.0 Å². The van der Waals surface area contributed by atoms with Gasteiger partial charge in [-0.2, -0.15) is 5.10 Å². The van der Waals surface area contributed by atoms with Gasteiger partial charge in [-0.1, -0.05) is 30.3 Å². The molecule has 0 radical (unpaired) electrons. The van der Waals surface area contributed by atoms with Gasteiger partial charge in [-0.25, -0.2) is 4.68 Å². The van der Waals surface area contributed by atoms with Gasteiger partial charge in [0.05, 0.1) is 11.7 Å². The Morgan fingerprint density at radius 3 is 2.76 bits per heavy atom. The number of likely N-dealkylation sites (N-methyl/N-ethyl adjacent to an activating group) is 1. The second-order valence-electron chi connectivity index (χ2n) is 6.07. The molecule has 0 bridgehead atoms. The van der Waals surface area contributed by atoms with Crippen molar-refractivity contribution in [2.24, 2.45) is 0 Å². The average molecular weight is 342 g/mol. The average Bonchev–Trinajstić information content (AvgIpc) is 2.97. The zero-order chi connectivity index (χ0) is 18.0. The van der Waals surface area contributed by atoms with E-state index in [1.807, 2.05) is 50.2 Å². The Balaban J connectivity index is 1.87. The van der Waals surface area contributed by atoms with Crippen LogP contribution in [0.1, 0.15) is 24.2 Å². The number of benzene rings is 1. The minimum atomic E-state index is -0.786. The Kier molecular flexibility index (Phi) is 4.85. The molecule has 1 aliphatic heterocycles. The number of hydrogen-bond donors (Lipinski definition) is 1. The molecule has 1 N–H and O–H groups in total. The fourth-order valence-electron chi connectivity index (χ4n) is 3.06. The van der Waals surface area contributed by atoms with Crippen LogP contribution in [0.5, 0.6) is 0 Å². The molecule has 2 aromatic rings. The summed E-state index contributed by atoms with van der Waals surface area (Å²) in [4.78, 5) is 26.5. The standard InChI is InChI=1S/C18H22N4O3/c1-4-22-14(10-12(2)20-22)19-18(24)17-16(13-8-6-5-7-9-13)21(3)15(23)11-25-17/h5-10,16-17H,4,11H2,1-3H3,(H,19,24)/t16-,17-/m0/s1. The molecule has 1 aliphatic rings. The number of hydrogen-bond acceptors (Lipinski definition) is 4. The number of amides is 2. The highest BCUT2D eigenvalue weighted by atomic mass is 16.5. The molecule has 7 nitrogen and oxygen atoms in total. The third-order valence-electron chi connectivity index (χ3n) is 4.34. The lowest BCUT2D eigenvalue weighted by Gasteiger charge is -2.38. The number of aromatic nitrogens is 2. The molecular formula is C18H22N4O3. The van der Waals surface area contributed by atoms with Crippen molar-refractivity contribution in [2.75, 3.05) is 19.0 Å². The van der Waals surface area contributed by atoms with Crippen LogP contribution in [0.2, 0.25) is 0 Å². The monoisotopic (exact) mass is 342 g/mol. The van der Waals surface area contributed by atoms with E-state index in [9.17, 15) is 9.59 Å². The largest absolute Gasteiger partial charge is 0.356 e. The third-order valence-corrected chi connectivity index (χ3v) is 4.34. The molecule has 2 amide bonds. The van der Waals surface area contributed by atoms with Crippen LogP contribution in [0, 0.1) is 6.92 Å². The van der Waals surface area contributed by atoms with E-state index in [1.54, 1.807) is 16.6 Å². The van der Waals surface area contributed by atoms with Crippen LogP contribution in [-0.4, -0.2) is 46.3 Å². The first kappa shape index (κ1) is 17.2. The van der Waals surface area contributed by atoms with E-state index in [-0.39, 0.29) is 18.4 Å². The Morgan fingerprint density at radius 2 is 2.08 bits per heavy atom. The highest BCUT2D eigenvalue weighted by Gasteiger charge is 2.40. The Labute approximate surface area is 146 Å². The number of nitrogens with zero attached hydrogens (tertiary/aromatic N) is 3. The number of carbonyl (C=O) groups is 2. The molecule has 1 aromatic carbocycles. The van der Waals surface area contributed by atoms with Gasteiger partial charge >= 0.3 is 0 Å². The zero-order valence-corrected chi connectivity index (χ0v) is 14.6. The smallest absolute Gasteiger partial charge is 0.257 e. The molecule has 25 heavy (non-hydrogen) atoms. The summed E-state index contributed by atoms with van der Waals surface area (Å²) in [6.07, 6.45) is -0.786. The van der Waals surface area contributed by atoms with Gasteiger partial charge in [-0.3, -0.25) is 9.59 Å². The summed E-state index contributed by atoms with van der Waals surface area (Å²) in [6.45, 7) is 4.37. The van der Waals surface area contributed by atoms with Crippen LogP contribution < -0.4 is 5.32 Å². The summed E-state index contributed by atoms with van der Waals surface area (Å²) in [6, 6.07) is 10.8. The van der Waals surface area contributed by atoms with E-state index >= 15 is 0 Å². The Hall–Kier alpha value is -2.67. The van der Waals surface area contributed by atoms with E-state index in [2.05, 4.69) is 10.4 Å². The molecule has 0 saturated carbocycles. The summed E-state index contributed by atoms with van der Waals surface area (Å²) in [5.74, 6) is 0.190. The quantitative estimate of drug-likeness (QED) is 0.918. The van der Waals surface area contributed by atoms with Crippen molar-refractivity contribution in [3.8, 4) is 0 Å². The number of aryl methyl sites for hydroxylation is 2. The molecule has 1 fully saturated rings. The van der Waals surface area contributed by atoms with Gasteiger partial charge in [0.25, 0.3) is 5.91 Å². The van der Waals surface area contributed by atoms with Gasteiger partial charge in [-0.15, -0.1) is 0 Å². The zero-order valence-electron chi connectivity index (χ0n) is 14.6. The van der Waals surface area contributed by atoms with Crippen molar-refractivity contribution < 1.29 is 14.3 Å². The number of nitrogens with one attached hydrogen (secondary N) is 1. The molecular weight excluding hydrogens is 320 g/mol. The van der Waals surface area contributed by atoms with Gasteiger partial charge in [0.15, 0.2) is 6.10 Å². The maximum absolute atomic E-state index is 12.9. The van der Waals surface area contributed by atoms with E-state index in [0.29, 0.717) is 12.4 Å². The van der Waals surface area contributed by atoms with Crippen LogP contribution in [0.15, 0.2) is 36.4 Å². The SMILES string of the molecule is CCn1nc(C)cc1NC(=O)[C@H]1OCC(=O)N(C)[C@H]1c1ccccc1. The molecule has 3 rings (SSSR count). The van der Waals surface area contributed by atoms with Gasteiger partial charge in [0, 0.05) is 19.7 Å². The molecule has 2 heterocycles. The van der Waals surface area contributed by atoms with Crippen LogP contribution in [-0.2, 0) is 20.9 Å². The van der Waals surface area contributed by atoms with Crippen LogP contribution >= 0.6 is 0 Å². The number of morpholine rings is 1. The van der Waals surface area contributed by atoms with Crippen molar-refractivity contribution in [2.45, 2.75) is 32.5 Å². The first-order valence-corrected chi connectivity index (χ1v) is 8.28. The Morgan fingerprint density at radius 1 is 1.36 bits per heavy atom. The lowest BCUT2D eigenvalue weighted by Crippen LogP contribution is -2.51. The lowest BCUT2D eigenvalue weighted by molar-refractivity contribution is -0.160. The van der Waals surface area contributed by atoms with Crippen LogP contribution in [0.4, 0.5) is 5.82 Å². The van der Waals surface area contributed by atoms with Crippen LogP contribution in [0.25, 0.3) is 0 Å². The molecule has 2 atom stereocenters. The van der Waals surface area contributed by atoms with Crippen molar-refractivity contribution in [3.63, 3.8) is 0 Å². The molecule has 132 valence electrons. The number of carbonyl (C=O) groups excluding carboxylic acids is 2. The Bertz CT molecular complexity index is 772. The summed E-state index contributed by atoms with van der Waals surface area (Å²) < 4.78 is 7.33. The summed E-state index contributed by atoms with van der Waals surface area (Å²) >= 11 is 0. The normalized spacial score (nSPS) is 20.6. The molecule has 7 heteroatoms. The number of anilines is 1. The highest BCUT2D eigenvalue weighted by Crippen LogP contribution is 2.29. The maximum atomic E-state index is 12.9. The summed E-state index contributed by atoms with van der Waals surface area (Å²) in [5, 5.41) is 7.21. The molecule has 0 aliphatic carbocycles. The molecule has 1 aromatic heterocycles. The molecule has 0 spiro atoms. The second-order valence-corrected chi connectivity index (χ2v) is 6.07. The first-order valence-electron chi connectivity index (χ1n) is 8.28. The summed E-state index contributed by atoms with van der Waals surface area (Å²) in [7, 11) is 1.70. The topological polar surface area (TPSA) is 76.5 Å². The van der Waals surface area contributed by atoms with E-state index in [4.69, 9.17) is 4.74 Å². The van der Waals surface area contributed by atoms with Crippen LogP contribution in [0.3, 0.4) is 0 Å². The van der Waals surface area contributed by atoms with E-state index in [1.165, 1.54) is 0 Å². The van der Waals surface area contributed by atoms with Crippen molar-refractivity contribution in [1.29, 1.82) is 0 Å². The first-order chi connectivity index (χ1) is 12.0. The van der Waals surface area contributed by atoms with E-state index < -0.39 is 12.1 Å². The summed E-state index contributed by atoms with van der Waals surface area (Å²) in [5.41, 5.74) is 1.69. The van der Waals surface area contributed by atoms with Gasteiger partial charge in [0.2, 0.25) is 5.91 Å². The van der Waals surface area contributed by atoms with Gasteiger partial charge in [0.1, 0.15) is 12.4 Å². The van der Waals surface area contributed by atoms with E-state index in [0.717, 1.165) is 11.3 Å². The van der Waals surface area contributed by atoms with Crippen molar-refractivity contribution >= 4 is 17.6 Å².